The van der Waals surface area contributed by atoms with Crippen LogP contribution in [-0.4, -0.2) is 4.98 Å². The Labute approximate surface area is 144 Å². The lowest BCUT2D eigenvalue weighted by Gasteiger charge is -2.34. The van der Waals surface area contributed by atoms with Crippen molar-refractivity contribution in [1.82, 2.24) is 4.98 Å². The molecular formula is C20H13Cl2N. The highest BCUT2D eigenvalue weighted by Gasteiger charge is 2.38. The molecule has 112 valence electrons. The van der Waals surface area contributed by atoms with Crippen LogP contribution in [0.1, 0.15) is 29.9 Å². The van der Waals surface area contributed by atoms with E-state index in [1.807, 2.05) is 30.5 Å². The molecule has 2 aliphatic carbocycles. The van der Waals surface area contributed by atoms with E-state index >= 15 is 0 Å². The van der Waals surface area contributed by atoms with Crippen molar-refractivity contribution >= 4 is 39.7 Å². The summed E-state index contributed by atoms with van der Waals surface area (Å²) in [5, 5.41) is 2.51. The first-order chi connectivity index (χ1) is 11.2. The van der Waals surface area contributed by atoms with Gasteiger partial charge in [0.25, 0.3) is 0 Å². The molecule has 2 aliphatic rings. The second-order valence-electron chi connectivity index (χ2n) is 6.20. The zero-order valence-corrected chi connectivity index (χ0v) is 13.8. The van der Waals surface area contributed by atoms with Crippen molar-refractivity contribution in [3.8, 4) is 11.1 Å². The molecule has 0 aliphatic heterocycles. The minimum absolute atomic E-state index is 0.540. The third-order valence-corrected chi connectivity index (χ3v) is 5.54. The monoisotopic (exact) mass is 337 g/mol. The molecule has 0 fully saturated rings. The van der Waals surface area contributed by atoms with Crippen molar-refractivity contribution in [3.63, 3.8) is 0 Å². The Morgan fingerprint density at radius 2 is 1.96 bits per heavy atom. The van der Waals surface area contributed by atoms with Gasteiger partial charge in [0.05, 0.1) is 5.52 Å². The summed E-state index contributed by atoms with van der Waals surface area (Å²) in [4.78, 5) is 4.66. The maximum atomic E-state index is 6.53. The zero-order valence-electron chi connectivity index (χ0n) is 12.3. The zero-order chi connectivity index (χ0) is 15.6. The molecule has 23 heavy (non-hydrogen) atoms. The van der Waals surface area contributed by atoms with Crippen LogP contribution >= 0.6 is 23.2 Å². The lowest BCUT2D eigenvalue weighted by Crippen LogP contribution is -2.15. The Morgan fingerprint density at radius 3 is 2.83 bits per heavy atom. The molecule has 1 aromatic heterocycles. The fraction of sp³-hybridized carbons (Fsp3) is 0.150. The van der Waals surface area contributed by atoms with Crippen LogP contribution in [0.5, 0.6) is 0 Å². The molecule has 5 rings (SSSR count). The Morgan fingerprint density at radius 1 is 1.04 bits per heavy atom. The number of nitrogens with zero attached hydrogens (tertiary/aromatic N) is 1. The smallest absolute Gasteiger partial charge is 0.0784 e. The third-order valence-electron chi connectivity index (χ3n) is 4.99. The first-order valence-electron chi connectivity index (χ1n) is 7.81. The van der Waals surface area contributed by atoms with Gasteiger partial charge in [0.1, 0.15) is 0 Å². The van der Waals surface area contributed by atoms with Crippen LogP contribution < -0.4 is 0 Å². The highest BCUT2D eigenvalue weighted by Crippen LogP contribution is 2.57. The minimum Gasteiger partial charge on any atom is -0.256 e. The van der Waals surface area contributed by atoms with Gasteiger partial charge >= 0.3 is 0 Å². The van der Waals surface area contributed by atoms with E-state index in [2.05, 4.69) is 23.2 Å². The average molecular weight is 338 g/mol. The number of fused-ring (bicyclic) bond motifs is 5. The number of hydrogen-bond donors (Lipinski definition) is 0. The number of benzene rings is 2. The molecule has 2 aromatic carbocycles. The fourth-order valence-electron chi connectivity index (χ4n) is 4.03. The second kappa shape index (κ2) is 4.83. The van der Waals surface area contributed by atoms with Gasteiger partial charge in [-0.25, -0.2) is 0 Å². The molecule has 0 saturated carbocycles. The van der Waals surface area contributed by atoms with Crippen molar-refractivity contribution in [2.75, 3.05) is 0 Å². The van der Waals surface area contributed by atoms with E-state index in [0.29, 0.717) is 16.0 Å². The molecule has 0 bridgehead atoms. The van der Waals surface area contributed by atoms with E-state index in [1.165, 1.54) is 34.1 Å². The summed E-state index contributed by atoms with van der Waals surface area (Å²) in [6.45, 7) is 0. The lowest BCUT2D eigenvalue weighted by molar-refractivity contribution is 0.781. The van der Waals surface area contributed by atoms with Gasteiger partial charge in [0, 0.05) is 38.7 Å². The minimum atomic E-state index is 0.540. The maximum absolute atomic E-state index is 6.53. The predicted octanol–water partition coefficient (Wildman–Crippen LogP) is 6.48. The molecule has 0 spiro atoms. The molecule has 1 nitrogen and oxygen atoms in total. The molecule has 0 amide bonds. The number of aromatic nitrogens is 1. The molecule has 0 saturated heterocycles. The highest BCUT2D eigenvalue weighted by molar-refractivity contribution is 6.36. The topological polar surface area (TPSA) is 12.9 Å². The summed E-state index contributed by atoms with van der Waals surface area (Å²) in [7, 11) is 0. The van der Waals surface area contributed by atoms with Crippen molar-refractivity contribution in [3.05, 3.63) is 69.8 Å². The van der Waals surface area contributed by atoms with Gasteiger partial charge in [-0.2, -0.15) is 0 Å². The van der Waals surface area contributed by atoms with Crippen LogP contribution in [0.3, 0.4) is 0 Å². The number of hydrogen-bond acceptors (Lipinski definition) is 1. The van der Waals surface area contributed by atoms with E-state index in [4.69, 9.17) is 23.2 Å². The number of allylic oxidation sites excluding steroid dienone is 2. The normalized spacial score (nSPS) is 18.3. The second-order valence-corrected chi connectivity index (χ2v) is 7.05. The summed E-state index contributed by atoms with van der Waals surface area (Å²) in [6, 6.07) is 12.1. The van der Waals surface area contributed by atoms with Crippen molar-refractivity contribution < 1.29 is 0 Å². The van der Waals surface area contributed by atoms with Crippen LogP contribution in [0, 0.1) is 0 Å². The van der Waals surface area contributed by atoms with E-state index in [-0.39, 0.29) is 0 Å². The van der Waals surface area contributed by atoms with Crippen molar-refractivity contribution in [2.24, 2.45) is 0 Å². The molecule has 1 heterocycles. The van der Waals surface area contributed by atoms with Gasteiger partial charge in [0.2, 0.25) is 0 Å². The van der Waals surface area contributed by atoms with E-state index < -0.39 is 0 Å². The SMILES string of the molecule is Clc1ccc(-c2c3c(cc4cccnc24)C2=CCCC23)c(Cl)c1. The molecule has 3 heteroatoms. The van der Waals surface area contributed by atoms with Crippen molar-refractivity contribution in [1.29, 1.82) is 0 Å². The maximum Gasteiger partial charge on any atom is 0.0784 e. The first-order valence-corrected chi connectivity index (χ1v) is 8.57. The summed E-state index contributed by atoms with van der Waals surface area (Å²) >= 11 is 12.6. The standard InChI is InChI=1S/C20H13Cl2N/c21-12-6-7-15(17(22)10-12)19-18-14-5-1-4-13(14)16(18)9-11-3-2-8-23-20(11)19/h2-4,6-10,14H,1,5H2. The van der Waals surface area contributed by atoms with Gasteiger partial charge in [-0.1, -0.05) is 41.4 Å². The average Bonchev–Trinajstić information content (AvgIpc) is 2.96. The van der Waals surface area contributed by atoms with Gasteiger partial charge in [0.15, 0.2) is 0 Å². The molecule has 3 aromatic rings. The van der Waals surface area contributed by atoms with Crippen molar-refractivity contribution in [2.45, 2.75) is 18.8 Å². The predicted molar refractivity (Wildman–Crippen MR) is 97.2 cm³/mol. The van der Waals surface area contributed by atoms with Gasteiger partial charge in [-0.05, 0) is 53.8 Å². The first kappa shape index (κ1) is 13.6. The van der Waals surface area contributed by atoms with Crippen LogP contribution in [0.25, 0.3) is 27.6 Å². The molecule has 1 unspecified atom stereocenters. The fourth-order valence-corrected chi connectivity index (χ4v) is 4.53. The van der Waals surface area contributed by atoms with Crippen LogP contribution in [0.4, 0.5) is 0 Å². The highest BCUT2D eigenvalue weighted by atomic mass is 35.5. The quantitative estimate of drug-likeness (QED) is 0.495. The molecule has 0 radical (unpaired) electrons. The number of rotatable bonds is 1. The van der Waals surface area contributed by atoms with Gasteiger partial charge in [-0.15, -0.1) is 0 Å². The van der Waals surface area contributed by atoms with E-state index in [0.717, 1.165) is 17.5 Å². The Kier molecular flexibility index (Phi) is 2.86. The van der Waals surface area contributed by atoms with Gasteiger partial charge in [-0.3, -0.25) is 4.98 Å². The Balaban J connectivity index is 1.90. The van der Waals surface area contributed by atoms with Crippen LogP contribution in [-0.2, 0) is 0 Å². The summed E-state index contributed by atoms with van der Waals surface area (Å²) < 4.78 is 0. The summed E-state index contributed by atoms with van der Waals surface area (Å²) in [5.41, 5.74) is 7.52. The van der Waals surface area contributed by atoms with Crippen LogP contribution in [0.2, 0.25) is 10.0 Å². The largest absolute Gasteiger partial charge is 0.256 e. The Bertz CT molecular complexity index is 1000. The molecule has 0 N–H and O–H groups in total. The van der Waals surface area contributed by atoms with Crippen LogP contribution in [0.15, 0.2) is 48.7 Å². The summed E-state index contributed by atoms with van der Waals surface area (Å²) in [6.07, 6.45) is 6.58. The lowest BCUT2D eigenvalue weighted by atomic mass is 9.70. The number of halogens is 2. The Hall–Kier alpha value is -1.83. The third kappa shape index (κ3) is 1.84. The molecule has 1 atom stereocenters. The number of pyridine rings is 1. The molecular weight excluding hydrogens is 325 g/mol. The van der Waals surface area contributed by atoms with Gasteiger partial charge < -0.3 is 0 Å². The van der Waals surface area contributed by atoms with E-state index in [9.17, 15) is 0 Å². The summed E-state index contributed by atoms with van der Waals surface area (Å²) in [5.74, 6) is 0.540. The van der Waals surface area contributed by atoms with E-state index in [1.54, 1.807) is 0 Å².